The van der Waals surface area contributed by atoms with Crippen LogP contribution in [0.4, 0.5) is 0 Å². The molecule has 146 heavy (non-hydrogen) atoms. The average Bonchev–Trinajstić information content (AvgIpc) is 1.60. The summed E-state index contributed by atoms with van der Waals surface area (Å²) in [6.07, 6.45) is 36.6. The van der Waals surface area contributed by atoms with Crippen molar-refractivity contribution in [3.05, 3.63) is 244 Å². The van der Waals surface area contributed by atoms with Crippen molar-refractivity contribution in [2.24, 2.45) is 80.8 Å². The zero-order valence-corrected chi connectivity index (χ0v) is 91.7. The van der Waals surface area contributed by atoms with Crippen molar-refractivity contribution >= 4 is 70.1 Å². The van der Waals surface area contributed by atoms with Crippen LogP contribution in [0.25, 0.3) is 0 Å². The van der Waals surface area contributed by atoms with Crippen molar-refractivity contribution in [2.75, 3.05) is 13.2 Å². The fraction of sp³-hybridized carbons (Fsp3) is 0.571. The molecule has 20 nitrogen and oxygen atoms in total. The molecule has 13 rings (SSSR count). The largest absolute Gasteiger partial charge is 0.507 e. The number of esters is 4. The molecule has 792 valence electrons. The van der Waals surface area contributed by atoms with Gasteiger partial charge in [0.15, 0.2) is 0 Å². The number of ether oxygens (including phenoxy) is 4. The van der Waals surface area contributed by atoms with E-state index in [0.29, 0.717) is 43.9 Å². The highest BCUT2D eigenvalue weighted by molar-refractivity contribution is 6.53. The molecule has 4 saturated carbocycles. The van der Waals surface area contributed by atoms with E-state index in [1.807, 2.05) is 137 Å². The highest BCUT2D eigenvalue weighted by atomic mass is 16.6. The van der Waals surface area contributed by atoms with Gasteiger partial charge in [0.25, 0.3) is 0 Å². The summed E-state index contributed by atoms with van der Waals surface area (Å²) in [6, 6.07) is 9.62. The van der Waals surface area contributed by atoms with Crippen molar-refractivity contribution in [3.8, 4) is 0 Å². The fourth-order valence-corrected chi connectivity index (χ4v) is 25.1. The Bertz CT molecular complexity index is 5790. The molecule has 0 aliphatic heterocycles. The topological polar surface area (TPSA) is 323 Å². The van der Waals surface area contributed by atoms with E-state index in [1.165, 1.54) is 5.57 Å². The highest BCUT2D eigenvalue weighted by Gasteiger charge is 2.64. The van der Waals surface area contributed by atoms with Crippen LogP contribution in [-0.2, 0) is 82.9 Å². The van der Waals surface area contributed by atoms with Crippen LogP contribution in [0, 0.1) is 80.8 Å². The smallest absolute Gasteiger partial charge is 0.342 e. The quantitative estimate of drug-likeness (QED) is 0.0119. The Morgan fingerprint density at radius 3 is 1.03 bits per heavy atom. The maximum absolute atomic E-state index is 13.8. The van der Waals surface area contributed by atoms with Gasteiger partial charge in [-0.25, -0.2) is 19.2 Å². The first kappa shape index (κ1) is 117. The maximum atomic E-state index is 13.8. The van der Waals surface area contributed by atoms with Crippen molar-refractivity contribution in [1.82, 2.24) is 0 Å². The first-order valence-electron chi connectivity index (χ1n) is 54.3. The summed E-state index contributed by atoms with van der Waals surface area (Å²) in [6.45, 7) is 59.8. The number of aliphatic hydroxyl groups excluding tert-OH is 4. The maximum Gasteiger partial charge on any atom is 0.342 e. The monoisotopic (exact) mass is 2000 g/mol. The van der Waals surface area contributed by atoms with Crippen LogP contribution in [0.2, 0.25) is 0 Å². The molecule has 20 heteroatoms. The number of fused-ring (bicyclic) bond motifs is 4. The van der Waals surface area contributed by atoms with Gasteiger partial charge in [0, 0.05) is 63.2 Å². The third-order valence-corrected chi connectivity index (χ3v) is 34.2. The van der Waals surface area contributed by atoms with Crippen molar-refractivity contribution in [2.45, 2.75) is 369 Å². The predicted octanol–water partition coefficient (Wildman–Crippen LogP) is 28.0. The zero-order chi connectivity index (χ0) is 108. The number of allylic oxidation sites excluding steroid dienone is 23. The van der Waals surface area contributed by atoms with Crippen LogP contribution in [0.5, 0.6) is 0 Å². The van der Waals surface area contributed by atoms with Crippen LogP contribution in [-0.4, -0.2) is 116 Å². The molecule has 4 bridgehead atoms. The Hall–Kier alpha value is -11.0. The van der Waals surface area contributed by atoms with Crippen LogP contribution in [0.3, 0.4) is 0 Å². The number of Topliss-reactive ketones (excluding diaryl/α,β-unsaturated/α-hetero) is 8. The second kappa shape index (κ2) is 50.8. The highest BCUT2D eigenvalue weighted by Crippen LogP contribution is 2.67. The van der Waals surface area contributed by atoms with Gasteiger partial charge in [-0.05, 0) is 288 Å². The number of carbonyl (C=O) groups is 12. The van der Waals surface area contributed by atoms with E-state index in [-0.39, 0.29) is 175 Å². The molecule has 4 fully saturated rings. The van der Waals surface area contributed by atoms with Gasteiger partial charge in [-0.3, -0.25) is 38.4 Å². The summed E-state index contributed by atoms with van der Waals surface area (Å²) < 4.78 is 23.3. The summed E-state index contributed by atoms with van der Waals surface area (Å²) in [5.41, 5.74) is 11.2. The first-order chi connectivity index (χ1) is 68.9. The van der Waals surface area contributed by atoms with Crippen LogP contribution in [0.1, 0.15) is 356 Å². The number of benzene rings is 1. The molecule has 12 aliphatic rings. The van der Waals surface area contributed by atoms with E-state index < -0.39 is 105 Å². The Labute approximate surface area is 869 Å². The van der Waals surface area contributed by atoms with E-state index >= 15 is 0 Å². The lowest BCUT2D eigenvalue weighted by Crippen LogP contribution is -2.40. The van der Waals surface area contributed by atoms with E-state index in [4.69, 9.17) is 18.9 Å². The van der Waals surface area contributed by atoms with Crippen molar-refractivity contribution in [3.63, 3.8) is 0 Å². The fourth-order valence-electron chi connectivity index (χ4n) is 25.1. The number of hydrogen-bond acceptors (Lipinski definition) is 20. The summed E-state index contributed by atoms with van der Waals surface area (Å²) >= 11 is 0. The lowest BCUT2D eigenvalue weighted by Gasteiger charge is -2.39. The summed E-state index contributed by atoms with van der Waals surface area (Å²) in [7, 11) is 0. The molecule has 0 spiro atoms. The third-order valence-electron chi connectivity index (χ3n) is 34.2. The molecule has 0 aromatic heterocycles. The molecular weight excluding hydrogens is 1830 g/mol. The number of carbonyl (C=O) groups excluding carboxylic acids is 12. The first-order valence-corrected chi connectivity index (χ1v) is 54.3. The number of rotatable bonds is 38. The van der Waals surface area contributed by atoms with Crippen LogP contribution in [0.15, 0.2) is 239 Å². The Morgan fingerprint density at radius 1 is 0.404 bits per heavy atom. The molecule has 0 heterocycles. The number of ketones is 8. The van der Waals surface area contributed by atoms with E-state index in [0.717, 1.165) is 210 Å². The second-order valence-corrected chi connectivity index (χ2v) is 46.2. The second-order valence-electron chi connectivity index (χ2n) is 46.2. The zero-order valence-electron chi connectivity index (χ0n) is 91.7. The van der Waals surface area contributed by atoms with E-state index in [1.54, 1.807) is 0 Å². The van der Waals surface area contributed by atoms with Gasteiger partial charge in [-0.15, -0.1) is 0 Å². The van der Waals surface area contributed by atoms with Crippen LogP contribution >= 0.6 is 0 Å². The molecule has 0 saturated heterocycles. The average molecular weight is 2000 g/mol. The van der Waals surface area contributed by atoms with Gasteiger partial charge in [0.2, 0.25) is 46.3 Å². The van der Waals surface area contributed by atoms with E-state index in [9.17, 15) is 78.0 Å². The van der Waals surface area contributed by atoms with E-state index in [2.05, 4.69) is 102 Å². The minimum atomic E-state index is -0.765. The van der Waals surface area contributed by atoms with Gasteiger partial charge < -0.3 is 39.4 Å². The molecule has 4 N–H and O–H groups in total. The normalized spacial score (nSPS) is 27.0. The molecular formula is C126H168O20. The summed E-state index contributed by atoms with van der Waals surface area (Å²) in [4.78, 5) is 161. The lowest BCUT2D eigenvalue weighted by atomic mass is 9.69. The molecule has 14 atom stereocenters. The third kappa shape index (κ3) is 26.3. The van der Waals surface area contributed by atoms with Gasteiger partial charge in [0.1, 0.15) is 64.1 Å². The van der Waals surface area contributed by atoms with Crippen molar-refractivity contribution in [1.29, 1.82) is 0 Å². The van der Waals surface area contributed by atoms with Gasteiger partial charge >= 0.3 is 23.9 Å². The molecule has 1 aromatic rings. The minimum Gasteiger partial charge on any atom is -0.507 e. The standard InChI is InChI=1S/3C32H44O5.C30H36O5/c1-8-9-10-11-22-26(30(36)37-24-15-20-16-32(24,7)17-31(20,5)6)28(34)25(29(35)27(22)33)23-14-19(4)12-13-21(23)18(2)3;1-8-9-10-11-22-26(30(36)37-24-17-20-14-15-32(24,7)31(20,5)6)28(34)25(29(35)27(22)33)23-16-19(4)12-13-21(23)18(2)3;1-8-9-10-14-25-28(32(36)37-18-17-22(6)13-11-12-20(2)3)30(34)27(31(35)29(25)33)26-19-23(7)15-16-24(26)21(4)5;1-5-6-8-13-23-26(30(34)35-17-16-21-11-9-7-10-12-21)28(32)25(29(33)27(23)31)24-18-20(4)14-15-22(24)19(2)3/h14,20-21,23-24,34H,2,8-13,15-17H2,1,3-7H3;16,20-21,23-24,34H,2,8-15,17H2,1,3-7H3;12,17,19,24,26,34H,4,8-11,13-16,18H2,1-3,5-7H3;7,9-12,18,22,24,32H,2,5-6,8,13-17H2,1,3-4H3/b;;22-17+;/t2*20?,21-,23+,24?,32?;24-,26+;22-,24+/m0000/s1. The van der Waals surface area contributed by atoms with Crippen LogP contribution < -0.4 is 0 Å². The molecule has 0 radical (unpaired) electrons. The van der Waals surface area contributed by atoms with Gasteiger partial charge in [-0.1, -0.05) is 263 Å². The molecule has 6 unspecified atom stereocenters. The number of unbranched alkanes of at least 4 members (excludes halogenated alkanes) is 8. The number of aliphatic hydroxyl groups is 4. The van der Waals surface area contributed by atoms with Gasteiger partial charge in [-0.2, -0.15) is 0 Å². The molecule has 12 aliphatic carbocycles. The lowest BCUT2D eigenvalue weighted by molar-refractivity contribution is -0.153. The molecule has 0 amide bonds. The SMILES string of the molecule is C=C(C)[C@@H]1CCC(C)=C[C@H]1C1=C(O)C(C(=O)OC/C=C(\C)CCC=C(C)C)=C(CCCCC)C(=O)C1=O.C=C(C)[C@@H]1CCC(C)=C[C@H]1C1=C(O)C(C(=O)OC2CC3CC2(C)CC3(C)C)=C(CCCCC)C(=O)C1=O.C=C(C)[C@@H]1CCC(C)=C[C@H]1C1=C(O)C(C(=O)OC2CC3CCC2(C)C3(C)C)=C(CCCCC)C(=O)C1=O.C=C(C)[C@@H]1CCC(C)=C[C@H]1C1=C(O)C(C(=O)OCCc2ccccc2)=C(CCCCC)C(=O)C1=O. The minimum absolute atomic E-state index is 0.00307. The Morgan fingerprint density at radius 2 is 0.733 bits per heavy atom. The predicted molar refractivity (Wildman–Crippen MR) is 575 cm³/mol. The van der Waals surface area contributed by atoms with Gasteiger partial charge in [0.05, 0.1) is 28.9 Å². The molecule has 1 aromatic carbocycles. The number of hydrogen-bond donors (Lipinski definition) is 4. The summed E-state index contributed by atoms with van der Waals surface area (Å²) in [5, 5.41) is 46.0. The summed E-state index contributed by atoms with van der Waals surface area (Å²) in [5.74, 6) is -11.4. The Kier molecular flexibility index (Phi) is 40.7. The van der Waals surface area contributed by atoms with Crippen molar-refractivity contribution < 1.29 is 96.9 Å². The Balaban J connectivity index is 0.000000200.